The van der Waals surface area contributed by atoms with Crippen LogP contribution in [0, 0.1) is 6.92 Å². The molecule has 1 aromatic carbocycles. The number of hydrogen-bond donors (Lipinski definition) is 0. The minimum Gasteiger partial charge on any atom is -0.243 e. The smallest absolute Gasteiger partial charge is 0.243 e. The number of halogens is 3. The fourth-order valence-corrected chi connectivity index (χ4v) is 2.22. The van der Waals surface area contributed by atoms with Gasteiger partial charge in [-0.05, 0) is 38.1 Å². The molecule has 6 nitrogen and oxygen atoms in total. The van der Waals surface area contributed by atoms with E-state index in [1.54, 1.807) is 17.9 Å². The predicted molar refractivity (Wildman–Crippen MR) is 74.9 cm³/mol. The van der Waals surface area contributed by atoms with Gasteiger partial charge in [0, 0.05) is 0 Å². The van der Waals surface area contributed by atoms with E-state index in [0.29, 0.717) is 17.3 Å². The predicted octanol–water partition coefficient (Wildman–Crippen LogP) is 2.80. The summed E-state index contributed by atoms with van der Waals surface area (Å²) in [5.74, 6) is 1.08. The summed E-state index contributed by atoms with van der Waals surface area (Å²) in [4.78, 5) is 8.24. The first-order valence-corrected chi connectivity index (χ1v) is 6.81. The fraction of sp³-hybridized carbons (Fsp3) is 0.286. The standard InChI is InChI=1S/C14H13F3N6/c1-9(22-8-18-7-19-22)13-20-10(2)21-23(13)12-5-3-11(4-6-12)14(15,16)17/h3-9H,1-2H3/t9-/m1/s1. The van der Waals surface area contributed by atoms with Crippen LogP contribution in [0.5, 0.6) is 0 Å². The van der Waals surface area contributed by atoms with E-state index in [1.807, 2.05) is 6.92 Å². The van der Waals surface area contributed by atoms with E-state index in [2.05, 4.69) is 20.2 Å². The van der Waals surface area contributed by atoms with Crippen molar-refractivity contribution in [2.45, 2.75) is 26.1 Å². The lowest BCUT2D eigenvalue weighted by atomic mass is 10.2. The zero-order valence-electron chi connectivity index (χ0n) is 12.4. The van der Waals surface area contributed by atoms with Gasteiger partial charge in [-0.2, -0.15) is 23.4 Å². The number of rotatable bonds is 3. The van der Waals surface area contributed by atoms with Crippen LogP contribution in [0.2, 0.25) is 0 Å². The topological polar surface area (TPSA) is 61.4 Å². The van der Waals surface area contributed by atoms with Gasteiger partial charge in [0.05, 0.1) is 11.3 Å². The van der Waals surface area contributed by atoms with Crippen LogP contribution < -0.4 is 0 Å². The third-order valence-corrected chi connectivity index (χ3v) is 3.38. The molecule has 1 atom stereocenters. The molecule has 0 radical (unpaired) electrons. The van der Waals surface area contributed by atoms with Gasteiger partial charge in [0.2, 0.25) is 0 Å². The second kappa shape index (κ2) is 5.49. The summed E-state index contributed by atoms with van der Waals surface area (Å²) in [6.07, 6.45) is -1.42. The van der Waals surface area contributed by atoms with Gasteiger partial charge < -0.3 is 0 Å². The molecular formula is C14H13F3N6. The van der Waals surface area contributed by atoms with Gasteiger partial charge in [0.1, 0.15) is 24.5 Å². The molecule has 2 heterocycles. The van der Waals surface area contributed by atoms with Crippen LogP contribution in [0.1, 0.15) is 30.2 Å². The van der Waals surface area contributed by atoms with Crippen LogP contribution in [0.3, 0.4) is 0 Å². The van der Waals surface area contributed by atoms with E-state index in [0.717, 1.165) is 12.1 Å². The van der Waals surface area contributed by atoms with Gasteiger partial charge in [0.25, 0.3) is 0 Å². The van der Waals surface area contributed by atoms with E-state index < -0.39 is 11.7 Å². The number of hydrogen-bond acceptors (Lipinski definition) is 4. The molecule has 23 heavy (non-hydrogen) atoms. The molecule has 120 valence electrons. The average Bonchev–Trinajstić information content (AvgIpc) is 3.15. The van der Waals surface area contributed by atoms with Crippen molar-refractivity contribution in [2.75, 3.05) is 0 Å². The Bertz CT molecular complexity index is 789. The maximum atomic E-state index is 12.7. The van der Waals surface area contributed by atoms with Gasteiger partial charge in [-0.25, -0.2) is 19.3 Å². The number of aryl methyl sites for hydroxylation is 1. The van der Waals surface area contributed by atoms with Crippen molar-refractivity contribution in [1.82, 2.24) is 29.5 Å². The highest BCUT2D eigenvalue weighted by atomic mass is 19.4. The normalized spacial score (nSPS) is 13.3. The summed E-state index contributed by atoms with van der Waals surface area (Å²) in [7, 11) is 0. The molecule has 0 spiro atoms. The van der Waals surface area contributed by atoms with Gasteiger partial charge in [-0.15, -0.1) is 0 Å². The largest absolute Gasteiger partial charge is 0.416 e. The maximum absolute atomic E-state index is 12.7. The zero-order valence-corrected chi connectivity index (χ0v) is 12.4. The highest BCUT2D eigenvalue weighted by Crippen LogP contribution is 2.30. The Morgan fingerprint density at radius 2 is 1.83 bits per heavy atom. The summed E-state index contributed by atoms with van der Waals surface area (Å²) in [5, 5.41) is 8.33. The monoisotopic (exact) mass is 322 g/mol. The van der Waals surface area contributed by atoms with Gasteiger partial charge in [0.15, 0.2) is 5.82 Å². The van der Waals surface area contributed by atoms with Crippen molar-refractivity contribution in [3.8, 4) is 5.69 Å². The molecule has 0 saturated heterocycles. The highest BCUT2D eigenvalue weighted by molar-refractivity contribution is 5.36. The third-order valence-electron chi connectivity index (χ3n) is 3.38. The van der Waals surface area contributed by atoms with E-state index in [4.69, 9.17) is 0 Å². The lowest BCUT2D eigenvalue weighted by Crippen LogP contribution is -2.14. The average molecular weight is 322 g/mol. The third kappa shape index (κ3) is 2.94. The van der Waals surface area contributed by atoms with Crippen molar-refractivity contribution in [3.63, 3.8) is 0 Å². The number of nitrogens with zero attached hydrogens (tertiary/aromatic N) is 6. The molecule has 0 amide bonds. The first-order chi connectivity index (χ1) is 10.9. The molecule has 0 fully saturated rings. The van der Waals surface area contributed by atoms with E-state index in [-0.39, 0.29) is 6.04 Å². The first-order valence-electron chi connectivity index (χ1n) is 6.81. The summed E-state index contributed by atoms with van der Waals surface area (Å²) in [6.45, 7) is 3.58. The minimum absolute atomic E-state index is 0.263. The molecule has 0 aliphatic rings. The van der Waals surface area contributed by atoms with Crippen molar-refractivity contribution < 1.29 is 13.2 Å². The summed E-state index contributed by atoms with van der Waals surface area (Å²) >= 11 is 0. The molecule has 0 aliphatic heterocycles. The van der Waals surface area contributed by atoms with Crippen LogP contribution in [0.15, 0.2) is 36.9 Å². The molecule has 0 saturated carbocycles. The van der Waals surface area contributed by atoms with E-state index >= 15 is 0 Å². The molecule has 0 unspecified atom stereocenters. The zero-order chi connectivity index (χ0) is 16.6. The van der Waals surface area contributed by atoms with E-state index in [1.165, 1.54) is 23.1 Å². The van der Waals surface area contributed by atoms with Crippen LogP contribution in [-0.2, 0) is 6.18 Å². The molecular weight excluding hydrogens is 309 g/mol. The second-order valence-corrected chi connectivity index (χ2v) is 5.03. The number of aromatic nitrogens is 6. The quantitative estimate of drug-likeness (QED) is 0.744. The fourth-order valence-electron chi connectivity index (χ4n) is 2.22. The number of alkyl halides is 3. The van der Waals surface area contributed by atoms with Crippen LogP contribution in [-0.4, -0.2) is 29.5 Å². The van der Waals surface area contributed by atoms with Crippen molar-refractivity contribution in [1.29, 1.82) is 0 Å². The van der Waals surface area contributed by atoms with Crippen LogP contribution in [0.4, 0.5) is 13.2 Å². The summed E-state index contributed by atoms with van der Waals surface area (Å²) in [5.41, 5.74) is -0.204. The second-order valence-electron chi connectivity index (χ2n) is 5.03. The van der Waals surface area contributed by atoms with Crippen molar-refractivity contribution in [2.24, 2.45) is 0 Å². The molecule has 0 bridgehead atoms. The Balaban J connectivity index is 2.00. The van der Waals surface area contributed by atoms with Crippen molar-refractivity contribution >= 4 is 0 Å². The molecule has 0 aliphatic carbocycles. The molecule has 3 aromatic rings. The minimum atomic E-state index is -4.37. The Hall–Kier alpha value is -2.71. The Kier molecular flexibility index (Phi) is 3.63. The molecule has 2 aromatic heterocycles. The lowest BCUT2D eigenvalue weighted by Gasteiger charge is -2.13. The van der Waals surface area contributed by atoms with Crippen LogP contribution >= 0.6 is 0 Å². The van der Waals surface area contributed by atoms with Gasteiger partial charge in [-0.3, -0.25) is 0 Å². The Labute approximate surface area is 129 Å². The first kappa shape index (κ1) is 15.2. The van der Waals surface area contributed by atoms with E-state index in [9.17, 15) is 13.2 Å². The molecule has 3 rings (SSSR count). The molecule has 0 N–H and O–H groups in total. The van der Waals surface area contributed by atoms with Gasteiger partial charge in [-0.1, -0.05) is 0 Å². The highest BCUT2D eigenvalue weighted by Gasteiger charge is 2.30. The van der Waals surface area contributed by atoms with Crippen LogP contribution in [0.25, 0.3) is 5.69 Å². The van der Waals surface area contributed by atoms with Crippen molar-refractivity contribution in [3.05, 3.63) is 54.1 Å². The van der Waals surface area contributed by atoms with Gasteiger partial charge >= 0.3 is 6.18 Å². The molecule has 9 heteroatoms. The maximum Gasteiger partial charge on any atom is 0.416 e. The Morgan fingerprint density at radius 3 is 2.39 bits per heavy atom. The Morgan fingerprint density at radius 1 is 1.13 bits per heavy atom. The lowest BCUT2D eigenvalue weighted by molar-refractivity contribution is -0.137. The summed E-state index contributed by atoms with van der Waals surface area (Å²) < 4.78 is 41.1. The summed E-state index contributed by atoms with van der Waals surface area (Å²) in [6, 6.07) is 4.52. The number of benzene rings is 1. The SMILES string of the molecule is Cc1nc([C@@H](C)n2cncn2)n(-c2ccc(C(F)(F)F)cc2)n1.